The van der Waals surface area contributed by atoms with Gasteiger partial charge >= 0.3 is 0 Å². The summed E-state index contributed by atoms with van der Waals surface area (Å²) in [5, 5.41) is 3.49. The Balaban J connectivity index is 1.16. The molecule has 3 atom stereocenters. The molecule has 3 aliphatic rings. The molecule has 0 spiro atoms. The van der Waals surface area contributed by atoms with Gasteiger partial charge in [0.15, 0.2) is 11.5 Å². The van der Waals surface area contributed by atoms with E-state index < -0.39 is 0 Å². The van der Waals surface area contributed by atoms with Crippen molar-refractivity contribution in [3.05, 3.63) is 24.1 Å². The molecule has 7 nitrogen and oxygen atoms in total. The lowest BCUT2D eigenvalue weighted by Gasteiger charge is -2.34. The third-order valence-corrected chi connectivity index (χ3v) is 7.15. The van der Waals surface area contributed by atoms with Crippen molar-refractivity contribution in [3.8, 4) is 5.75 Å². The van der Waals surface area contributed by atoms with E-state index in [0.29, 0.717) is 23.8 Å². The van der Waals surface area contributed by atoms with E-state index in [0.717, 1.165) is 81.1 Å². The number of fused-ring (bicyclic) bond motifs is 1. The molecular formula is C23H32N4O3. The second kappa shape index (κ2) is 8.19. The Morgan fingerprint density at radius 1 is 1.23 bits per heavy atom. The van der Waals surface area contributed by atoms with Crippen molar-refractivity contribution in [2.45, 2.75) is 50.6 Å². The number of nitrogens with one attached hydrogen (secondary N) is 1. The molecule has 3 fully saturated rings. The van der Waals surface area contributed by atoms with Gasteiger partial charge < -0.3 is 19.4 Å². The van der Waals surface area contributed by atoms with E-state index in [1.165, 1.54) is 0 Å². The van der Waals surface area contributed by atoms with Crippen LogP contribution in [-0.2, 0) is 4.79 Å². The fraction of sp³-hybridized carbons (Fsp3) is 0.652. The van der Waals surface area contributed by atoms with Crippen molar-refractivity contribution >= 4 is 17.0 Å². The van der Waals surface area contributed by atoms with Crippen molar-refractivity contribution in [2.24, 2.45) is 5.92 Å². The summed E-state index contributed by atoms with van der Waals surface area (Å²) in [7, 11) is 1.67. The van der Waals surface area contributed by atoms with Crippen molar-refractivity contribution in [1.82, 2.24) is 20.1 Å². The Morgan fingerprint density at radius 2 is 2.07 bits per heavy atom. The van der Waals surface area contributed by atoms with E-state index in [-0.39, 0.29) is 6.04 Å². The summed E-state index contributed by atoms with van der Waals surface area (Å²) in [4.78, 5) is 22.1. The van der Waals surface area contributed by atoms with Crippen LogP contribution in [-0.4, -0.2) is 72.6 Å². The summed E-state index contributed by atoms with van der Waals surface area (Å²) in [6.45, 7) is 7.04. The van der Waals surface area contributed by atoms with Crippen LogP contribution in [0, 0.1) is 5.92 Å². The minimum Gasteiger partial charge on any atom is -0.497 e. The smallest absolute Gasteiger partial charge is 0.239 e. The normalized spacial score (nSPS) is 28.5. The molecule has 1 amide bonds. The molecular weight excluding hydrogens is 380 g/mol. The largest absolute Gasteiger partial charge is 0.497 e. The first-order valence-corrected chi connectivity index (χ1v) is 11.3. The highest BCUT2D eigenvalue weighted by Crippen LogP contribution is 2.32. The maximum Gasteiger partial charge on any atom is 0.239 e. The third-order valence-electron chi connectivity index (χ3n) is 7.15. The van der Waals surface area contributed by atoms with E-state index in [4.69, 9.17) is 14.1 Å². The van der Waals surface area contributed by atoms with Gasteiger partial charge in [0.05, 0.1) is 13.2 Å². The van der Waals surface area contributed by atoms with Crippen LogP contribution in [0.3, 0.4) is 0 Å². The number of carbonyl (C=O) groups is 1. The molecule has 0 aliphatic carbocycles. The number of likely N-dealkylation sites (tertiary alicyclic amines) is 2. The molecule has 2 aromatic rings. The number of nitrogens with zero attached hydrogens (tertiary/aromatic N) is 3. The van der Waals surface area contributed by atoms with Crippen molar-refractivity contribution in [2.75, 3.05) is 39.8 Å². The first-order valence-electron chi connectivity index (χ1n) is 11.3. The topological polar surface area (TPSA) is 70.8 Å². The molecule has 1 N–H and O–H groups in total. The highest BCUT2D eigenvalue weighted by molar-refractivity contribution is 5.82. The van der Waals surface area contributed by atoms with E-state index in [9.17, 15) is 4.79 Å². The van der Waals surface area contributed by atoms with Crippen LogP contribution in [0.25, 0.3) is 11.1 Å². The average molecular weight is 413 g/mol. The monoisotopic (exact) mass is 412 g/mol. The van der Waals surface area contributed by atoms with E-state index >= 15 is 0 Å². The predicted molar refractivity (Wildman–Crippen MR) is 115 cm³/mol. The molecule has 162 valence electrons. The van der Waals surface area contributed by atoms with Crippen LogP contribution in [0.4, 0.5) is 0 Å². The lowest BCUT2D eigenvalue weighted by molar-refractivity contribution is -0.132. The number of hydrogen-bond acceptors (Lipinski definition) is 6. The summed E-state index contributed by atoms with van der Waals surface area (Å²) in [5.41, 5.74) is 1.69. The number of benzene rings is 1. The standard InChI is InChI=1S/C23H32N4O3/c1-15-5-8-27(14-15)23(28)20-11-17(13-24-20)26-9-6-16(7-10-26)22-25-19-12-18(29-2)3-4-21(19)30-22/h3-4,12,15-17,20,24H,5-11,13-14H2,1-2H3/t15?,17-,20-/m0/s1. The Kier molecular flexibility index (Phi) is 5.41. The van der Waals surface area contributed by atoms with Gasteiger partial charge in [0.2, 0.25) is 5.91 Å². The van der Waals surface area contributed by atoms with Crippen LogP contribution in [0.1, 0.15) is 44.4 Å². The van der Waals surface area contributed by atoms with Gasteiger partial charge in [-0.2, -0.15) is 0 Å². The van der Waals surface area contributed by atoms with Gasteiger partial charge in [-0.15, -0.1) is 0 Å². The lowest BCUT2D eigenvalue weighted by Crippen LogP contribution is -2.42. The number of carbonyl (C=O) groups excluding carboxylic acids is 1. The summed E-state index contributed by atoms with van der Waals surface area (Å²) >= 11 is 0. The van der Waals surface area contributed by atoms with Crippen molar-refractivity contribution < 1.29 is 13.9 Å². The van der Waals surface area contributed by atoms with Crippen LogP contribution >= 0.6 is 0 Å². The van der Waals surface area contributed by atoms with Gasteiger partial charge in [-0.3, -0.25) is 9.69 Å². The number of piperidine rings is 1. The molecule has 1 aromatic carbocycles. The minimum atomic E-state index is -0.00922. The summed E-state index contributed by atoms with van der Waals surface area (Å²) in [6, 6.07) is 6.22. The maximum absolute atomic E-state index is 12.8. The lowest BCUT2D eigenvalue weighted by atomic mass is 9.95. The van der Waals surface area contributed by atoms with Gasteiger partial charge in [0.25, 0.3) is 0 Å². The molecule has 7 heteroatoms. The number of hydrogen-bond donors (Lipinski definition) is 1. The van der Waals surface area contributed by atoms with Gasteiger partial charge in [0, 0.05) is 37.7 Å². The second-order valence-corrected chi connectivity index (χ2v) is 9.22. The SMILES string of the molecule is COc1ccc2oc(C3CCN([C@@H]4CN[C@H](C(=O)N5CCC(C)C5)C4)CC3)nc2c1. The molecule has 3 aliphatic heterocycles. The Bertz CT molecular complexity index is 905. The molecule has 5 rings (SSSR count). The molecule has 0 radical (unpaired) electrons. The van der Waals surface area contributed by atoms with Crippen LogP contribution < -0.4 is 10.1 Å². The summed E-state index contributed by atoms with van der Waals surface area (Å²) in [6.07, 6.45) is 4.15. The summed E-state index contributed by atoms with van der Waals surface area (Å²) < 4.78 is 11.3. The number of amides is 1. The average Bonchev–Trinajstić information content (AvgIpc) is 3.52. The van der Waals surface area contributed by atoms with Crippen molar-refractivity contribution in [1.29, 1.82) is 0 Å². The van der Waals surface area contributed by atoms with Gasteiger partial charge in [0.1, 0.15) is 11.3 Å². The minimum absolute atomic E-state index is 0.00922. The molecule has 30 heavy (non-hydrogen) atoms. The molecule has 1 unspecified atom stereocenters. The predicted octanol–water partition coefficient (Wildman–Crippen LogP) is 2.61. The number of rotatable bonds is 4. The highest BCUT2D eigenvalue weighted by atomic mass is 16.5. The van der Waals surface area contributed by atoms with E-state index in [1.54, 1.807) is 7.11 Å². The zero-order valence-corrected chi connectivity index (χ0v) is 18.0. The molecule has 0 saturated carbocycles. The van der Waals surface area contributed by atoms with Crippen molar-refractivity contribution in [3.63, 3.8) is 0 Å². The first-order chi connectivity index (χ1) is 14.6. The second-order valence-electron chi connectivity index (χ2n) is 9.22. The highest BCUT2D eigenvalue weighted by Gasteiger charge is 2.38. The quantitative estimate of drug-likeness (QED) is 0.833. The Morgan fingerprint density at radius 3 is 2.80 bits per heavy atom. The fourth-order valence-corrected chi connectivity index (χ4v) is 5.28. The van der Waals surface area contributed by atoms with Gasteiger partial charge in [-0.05, 0) is 56.8 Å². The Hall–Kier alpha value is -2.12. The summed E-state index contributed by atoms with van der Waals surface area (Å²) in [5.74, 6) is 2.95. The fourth-order valence-electron chi connectivity index (χ4n) is 5.28. The molecule has 4 heterocycles. The third kappa shape index (κ3) is 3.81. The zero-order valence-electron chi connectivity index (χ0n) is 18.0. The maximum atomic E-state index is 12.8. The van der Waals surface area contributed by atoms with E-state index in [1.807, 2.05) is 18.2 Å². The Labute approximate surface area is 177 Å². The van der Waals surface area contributed by atoms with E-state index in [2.05, 4.69) is 22.0 Å². The van der Waals surface area contributed by atoms with Crippen LogP contribution in [0.2, 0.25) is 0 Å². The van der Waals surface area contributed by atoms with Crippen LogP contribution in [0.15, 0.2) is 22.6 Å². The van der Waals surface area contributed by atoms with Gasteiger partial charge in [-0.25, -0.2) is 4.98 Å². The molecule has 1 aromatic heterocycles. The number of ether oxygens (including phenoxy) is 1. The molecule has 0 bridgehead atoms. The number of oxazole rings is 1. The zero-order chi connectivity index (χ0) is 20.7. The number of aromatic nitrogens is 1. The molecule has 3 saturated heterocycles. The van der Waals surface area contributed by atoms with Gasteiger partial charge in [-0.1, -0.05) is 6.92 Å². The van der Waals surface area contributed by atoms with Crippen LogP contribution in [0.5, 0.6) is 5.75 Å². The number of methoxy groups -OCH3 is 1. The first kappa shape index (κ1) is 19.8.